The molecule has 7 heteroatoms. The molecule has 0 bridgehead atoms. The molecular formula is C17H21N3O3S. The van der Waals surface area contributed by atoms with Crippen molar-refractivity contribution in [1.82, 2.24) is 9.03 Å². The van der Waals surface area contributed by atoms with Crippen molar-refractivity contribution >= 4 is 21.0 Å². The molecule has 6 nitrogen and oxygen atoms in total. The molecule has 0 amide bonds. The maximum atomic E-state index is 12.1. The summed E-state index contributed by atoms with van der Waals surface area (Å²) in [6.45, 7) is 1.61. The summed E-state index contributed by atoms with van der Waals surface area (Å²) in [6.07, 6.45) is -0.953. The lowest BCUT2D eigenvalue weighted by Gasteiger charge is -2.20. The number of nitrogens with one attached hydrogen (secondary N) is 1. The van der Waals surface area contributed by atoms with Crippen LogP contribution in [0.3, 0.4) is 0 Å². The molecule has 0 saturated heterocycles. The number of hydrogen-bond donors (Lipinski definition) is 2. The van der Waals surface area contributed by atoms with Crippen LogP contribution in [0.15, 0.2) is 42.5 Å². The lowest BCUT2D eigenvalue weighted by molar-refractivity contribution is 0.181. The molecule has 128 valence electrons. The van der Waals surface area contributed by atoms with Gasteiger partial charge in [0.15, 0.2) is 0 Å². The Balaban J connectivity index is 2.03. The second kappa shape index (κ2) is 7.73. The van der Waals surface area contributed by atoms with E-state index in [9.17, 15) is 13.5 Å². The molecule has 2 aromatic carbocycles. The zero-order valence-corrected chi connectivity index (χ0v) is 14.5. The summed E-state index contributed by atoms with van der Waals surface area (Å²) in [7, 11) is -2.34. The molecule has 0 aromatic heterocycles. The normalized spacial score (nSPS) is 14.5. The van der Waals surface area contributed by atoms with Crippen LogP contribution in [-0.2, 0) is 10.2 Å². The summed E-state index contributed by atoms with van der Waals surface area (Å²) < 4.78 is 27.7. The fourth-order valence-corrected chi connectivity index (χ4v) is 3.36. The van der Waals surface area contributed by atoms with Crippen molar-refractivity contribution in [2.24, 2.45) is 5.92 Å². The number of aliphatic hydroxyl groups is 1. The van der Waals surface area contributed by atoms with Gasteiger partial charge in [0, 0.05) is 20.1 Å². The van der Waals surface area contributed by atoms with Crippen molar-refractivity contribution in [2.45, 2.75) is 13.0 Å². The fraction of sp³-hybridized carbons (Fsp3) is 0.353. The van der Waals surface area contributed by atoms with E-state index in [1.165, 1.54) is 7.05 Å². The first-order chi connectivity index (χ1) is 11.3. The Hall–Kier alpha value is -1.98. The Morgan fingerprint density at radius 1 is 1.25 bits per heavy atom. The van der Waals surface area contributed by atoms with Gasteiger partial charge in [0.1, 0.15) is 0 Å². The first-order valence-corrected chi connectivity index (χ1v) is 9.05. The highest BCUT2D eigenvalue weighted by atomic mass is 32.2. The summed E-state index contributed by atoms with van der Waals surface area (Å²) >= 11 is 0. The first kappa shape index (κ1) is 18.4. The smallest absolute Gasteiger partial charge is 0.279 e. The van der Waals surface area contributed by atoms with Crippen LogP contribution in [0.5, 0.6) is 0 Å². The number of hydrogen-bond acceptors (Lipinski definition) is 4. The van der Waals surface area contributed by atoms with Gasteiger partial charge >= 0.3 is 0 Å². The Labute approximate surface area is 142 Å². The topological polar surface area (TPSA) is 93.4 Å². The van der Waals surface area contributed by atoms with E-state index in [0.29, 0.717) is 5.56 Å². The maximum Gasteiger partial charge on any atom is 0.279 e. The van der Waals surface area contributed by atoms with Gasteiger partial charge in [-0.2, -0.15) is 22.7 Å². The van der Waals surface area contributed by atoms with Gasteiger partial charge in [-0.25, -0.2) is 0 Å². The van der Waals surface area contributed by atoms with Crippen molar-refractivity contribution in [1.29, 1.82) is 5.26 Å². The molecule has 0 aliphatic rings. The molecule has 0 aliphatic carbocycles. The van der Waals surface area contributed by atoms with Crippen molar-refractivity contribution in [2.75, 3.05) is 20.1 Å². The number of nitrogens with zero attached hydrogens (tertiary/aromatic N) is 2. The quantitative estimate of drug-likeness (QED) is 0.798. The van der Waals surface area contributed by atoms with Gasteiger partial charge in [-0.1, -0.05) is 36.4 Å². The average molecular weight is 347 g/mol. The minimum atomic E-state index is -3.74. The van der Waals surface area contributed by atoms with Gasteiger partial charge < -0.3 is 5.11 Å². The number of rotatable bonds is 7. The van der Waals surface area contributed by atoms with Gasteiger partial charge in [-0.15, -0.1) is 0 Å². The van der Waals surface area contributed by atoms with E-state index in [2.05, 4.69) is 4.72 Å². The lowest BCUT2D eigenvalue weighted by Crippen LogP contribution is -2.41. The summed E-state index contributed by atoms with van der Waals surface area (Å²) in [4.78, 5) is 0. The molecule has 2 atom stereocenters. The highest BCUT2D eigenvalue weighted by molar-refractivity contribution is 7.87. The standard InChI is InChI=1S/C17H21N3O3S/c1-13(10-18)12-20(2)24(22,23)19-11-17(21)16-8-7-14-5-3-4-6-15(14)9-16/h3-9,13,17,19,21H,11-12H2,1-2H3/t13-,17+/m0/s1. The van der Waals surface area contributed by atoms with Crippen molar-refractivity contribution in [3.8, 4) is 6.07 Å². The van der Waals surface area contributed by atoms with Crippen LogP contribution < -0.4 is 4.72 Å². The molecule has 0 saturated carbocycles. The Kier molecular flexibility index (Phi) is 5.91. The summed E-state index contributed by atoms with van der Waals surface area (Å²) in [5.41, 5.74) is 0.643. The van der Waals surface area contributed by atoms with Crippen LogP contribution in [0.25, 0.3) is 10.8 Å². The van der Waals surface area contributed by atoms with E-state index in [4.69, 9.17) is 5.26 Å². The van der Waals surface area contributed by atoms with Crippen molar-refractivity contribution < 1.29 is 13.5 Å². The van der Waals surface area contributed by atoms with Crippen LogP contribution >= 0.6 is 0 Å². The molecule has 0 heterocycles. The van der Waals surface area contributed by atoms with Crippen LogP contribution in [0.2, 0.25) is 0 Å². The Bertz CT molecular complexity index is 846. The zero-order chi connectivity index (χ0) is 17.7. The summed E-state index contributed by atoms with van der Waals surface area (Å²) in [5, 5.41) is 21.1. The van der Waals surface area contributed by atoms with Crippen molar-refractivity contribution in [3.63, 3.8) is 0 Å². The van der Waals surface area contributed by atoms with Gasteiger partial charge in [-0.05, 0) is 29.3 Å². The average Bonchev–Trinajstić information content (AvgIpc) is 2.59. The lowest BCUT2D eigenvalue weighted by atomic mass is 10.0. The van der Waals surface area contributed by atoms with Crippen LogP contribution in [0.1, 0.15) is 18.6 Å². The number of fused-ring (bicyclic) bond motifs is 1. The maximum absolute atomic E-state index is 12.1. The third-order valence-electron chi connectivity index (χ3n) is 3.78. The van der Waals surface area contributed by atoms with E-state index < -0.39 is 22.2 Å². The highest BCUT2D eigenvalue weighted by Crippen LogP contribution is 2.20. The molecule has 24 heavy (non-hydrogen) atoms. The first-order valence-electron chi connectivity index (χ1n) is 7.61. The summed E-state index contributed by atoms with van der Waals surface area (Å²) in [6, 6.07) is 15.3. The third kappa shape index (κ3) is 4.52. The second-order valence-electron chi connectivity index (χ2n) is 5.79. The molecule has 0 unspecified atom stereocenters. The predicted molar refractivity (Wildman–Crippen MR) is 93.2 cm³/mol. The summed E-state index contributed by atoms with van der Waals surface area (Å²) in [5.74, 6) is -0.406. The molecule has 0 spiro atoms. The Morgan fingerprint density at radius 2 is 1.92 bits per heavy atom. The number of nitriles is 1. The minimum absolute atomic E-state index is 0.0951. The fourth-order valence-electron chi connectivity index (χ4n) is 2.35. The molecule has 2 aromatic rings. The second-order valence-corrected chi connectivity index (χ2v) is 7.65. The monoisotopic (exact) mass is 347 g/mol. The van der Waals surface area contributed by atoms with E-state index in [0.717, 1.165) is 15.1 Å². The molecule has 2 N–H and O–H groups in total. The minimum Gasteiger partial charge on any atom is -0.387 e. The SMILES string of the molecule is C[C@@H](C#N)CN(C)S(=O)(=O)NC[C@@H](O)c1ccc2ccccc2c1. The van der Waals surface area contributed by atoms with Crippen LogP contribution in [-0.4, -0.2) is 38.0 Å². The molecule has 0 fully saturated rings. The number of benzene rings is 2. The molecule has 0 aliphatic heterocycles. The zero-order valence-electron chi connectivity index (χ0n) is 13.7. The van der Waals surface area contributed by atoms with Gasteiger partial charge in [0.25, 0.3) is 10.2 Å². The molecule has 0 radical (unpaired) electrons. The largest absolute Gasteiger partial charge is 0.387 e. The van der Waals surface area contributed by atoms with E-state index in [-0.39, 0.29) is 13.1 Å². The Morgan fingerprint density at radius 3 is 2.58 bits per heavy atom. The molecule has 2 rings (SSSR count). The van der Waals surface area contributed by atoms with E-state index in [1.54, 1.807) is 13.0 Å². The van der Waals surface area contributed by atoms with E-state index >= 15 is 0 Å². The van der Waals surface area contributed by atoms with Gasteiger partial charge in [0.05, 0.1) is 18.1 Å². The predicted octanol–water partition coefficient (Wildman–Crippen LogP) is 1.80. The van der Waals surface area contributed by atoms with Crippen LogP contribution in [0.4, 0.5) is 0 Å². The van der Waals surface area contributed by atoms with E-state index in [1.807, 2.05) is 42.5 Å². The van der Waals surface area contributed by atoms with Crippen molar-refractivity contribution in [3.05, 3.63) is 48.0 Å². The van der Waals surface area contributed by atoms with Crippen LogP contribution in [0, 0.1) is 17.2 Å². The molecular weight excluding hydrogens is 326 g/mol. The van der Waals surface area contributed by atoms with Gasteiger partial charge in [-0.3, -0.25) is 0 Å². The van der Waals surface area contributed by atoms with Gasteiger partial charge in [0.2, 0.25) is 0 Å². The number of aliphatic hydroxyl groups excluding tert-OH is 1. The highest BCUT2D eigenvalue weighted by Gasteiger charge is 2.21. The third-order valence-corrected chi connectivity index (χ3v) is 5.28.